The molecular weight excluding hydrogens is 487 g/mol. The van der Waals surface area contributed by atoms with Crippen LogP contribution in [0.1, 0.15) is 22.4 Å². The predicted molar refractivity (Wildman–Crippen MR) is 130 cm³/mol. The molecule has 3 aromatic carbocycles. The van der Waals surface area contributed by atoms with Gasteiger partial charge in [0.15, 0.2) is 0 Å². The smallest absolute Gasteiger partial charge is 0.273 e. The lowest BCUT2D eigenvalue weighted by molar-refractivity contribution is -0.120. The minimum Gasteiger partial charge on any atom is -0.273 e. The van der Waals surface area contributed by atoms with Gasteiger partial charge in [0.05, 0.1) is 30.3 Å². The molecule has 1 amide bonds. The van der Waals surface area contributed by atoms with E-state index in [0.717, 1.165) is 11.1 Å². The number of aryl methyl sites for hydroxylation is 1. The predicted octanol–water partition coefficient (Wildman–Crippen LogP) is 4.35. The van der Waals surface area contributed by atoms with Gasteiger partial charge in [0.2, 0.25) is 5.91 Å². The van der Waals surface area contributed by atoms with Gasteiger partial charge < -0.3 is 0 Å². The third kappa shape index (κ3) is 5.40. The van der Waals surface area contributed by atoms with Crippen molar-refractivity contribution in [2.75, 3.05) is 0 Å². The molecule has 0 spiro atoms. The van der Waals surface area contributed by atoms with Crippen molar-refractivity contribution in [1.82, 2.24) is 15.2 Å². The molecule has 0 aliphatic carbocycles. The second-order valence-electron chi connectivity index (χ2n) is 7.57. The Kier molecular flexibility index (Phi) is 6.74. The largest absolute Gasteiger partial charge is 0.274 e. The van der Waals surface area contributed by atoms with E-state index in [-0.39, 0.29) is 24.4 Å². The molecule has 1 N–H and O–H groups in total. The third-order valence-corrected chi connectivity index (χ3v) is 5.58. The van der Waals surface area contributed by atoms with Crippen LogP contribution in [0.4, 0.5) is 4.39 Å². The van der Waals surface area contributed by atoms with Gasteiger partial charge in [-0.3, -0.25) is 9.59 Å². The van der Waals surface area contributed by atoms with Crippen LogP contribution in [0.5, 0.6) is 0 Å². The van der Waals surface area contributed by atoms with Gasteiger partial charge in [-0.05, 0) is 30.7 Å². The van der Waals surface area contributed by atoms with E-state index < -0.39 is 5.82 Å². The first-order valence-corrected chi connectivity index (χ1v) is 11.0. The molecular formula is C25H20BrFN4O2. The lowest BCUT2D eigenvalue weighted by atomic mass is 10.1. The molecule has 0 radical (unpaired) electrons. The number of carbonyl (C=O) groups excluding carboxylic acids is 1. The maximum atomic E-state index is 14.3. The van der Waals surface area contributed by atoms with Crippen LogP contribution in [0.25, 0.3) is 10.8 Å². The monoisotopic (exact) mass is 506 g/mol. The fraction of sp³-hybridized carbons (Fsp3) is 0.120. The van der Waals surface area contributed by atoms with Crippen LogP contribution in [-0.2, 0) is 17.8 Å². The van der Waals surface area contributed by atoms with E-state index in [1.807, 2.05) is 31.2 Å². The Labute approximate surface area is 197 Å². The first-order chi connectivity index (χ1) is 15.9. The highest BCUT2D eigenvalue weighted by Crippen LogP contribution is 2.18. The summed E-state index contributed by atoms with van der Waals surface area (Å²) in [6.07, 6.45) is 1.47. The molecule has 0 aliphatic heterocycles. The number of aromatic nitrogens is 2. The molecule has 0 fully saturated rings. The molecule has 0 bridgehead atoms. The lowest BCUT2D eigenvalue weighted by Crippen LogP contribution is -2.28. The van der Waals surface area contributed by atoms with Crippen LogP contribution in [0, 0.1) is 12.7 Å². The summed E-state index contributed by atoms with van der Waals surface area (Å²) in [5, 5.41) is 9.38. The van der Waals surface area contributed by atoms with Gasteiger partial charge in [0, 0.05) is 15.4 Å². The minimum atomic E-state index is -0.448. The zero-order valence-corrected chi connectivity index (χ0v) is 19.3. The van der Waals surface area contributed by atoms with Crippen molar-refractivity contribution in [2.45, 2.75) is 19.9 Å². The number of carbonyl (C=O) groups is 1. The highest BCUT2D eigenvalue weighted by molar-refractivity contribution is 9.10. The molecule has 33 heavy (non-hydrogen) atoms. The van der Waals surface area contributed by atoms with Crippen molar-refractivity contribution >= 4 is 38.8 Å². The van der Waals surface area contributed by atoms with Crippen LogP contribution in [-0.4, -0.2) is 21.9 Å². The van der Waals surface area contributed by atoms with Crippen LogP contribution in [0.3, 0.4) is 0 Å². The zero-order valence-electron chi connectivity index (χ0n) is 17.8. The SMILES string of the molecule is Cc1ccc(/C=N/NC(=O)Cc2nn(Cc3ccc(Br)cc3F)c(=O)c3ccccc23)cc1. The Morgan fingerprint density at radius 2 is 1.85 bits per heavy atom. The van der Waals surface area contributed by atoms with Gasteiger partial charge in [-0.15, -0.1) is 0 Å². The molecule has 0 aliphatic rings. The van der Waals surface area contributed by atoms with Crippen LogP contribution >= 0.6 is 15.9 Å². The maximum Gasteiger partial charge on any atom is 0.274 e. The van der Waals surface area contributed by atoms with Crippen LogP contribution in [0.15, 0.2) is 81.1 Å². The van der Waals surface area contributed by atoms with E-state index in [2.05, 4.69) is 31.6 Å². The average molecular weight is 507 g/mol. The highest BCUT2D eigenvalue weighted by Gasteiger charge is 2.15. The number of rotatable bonds is 6. The summed E-state index contributed by atoms with van der Waals surface area (Å²) in [6, 6.07) is 19.3. The fourth-order valence-corrected chi connectivity index (χ4v) is 3.71. The van der Waals surface area contributed by atoms with Crippen molar-refractivity contribution in [1.29, 1.82) is 0 Å². The molecule has 1 heterocycles. The lowest BCUT2D eigenvalue weighted by Gasteiger charge is -2.11. The van der Waals surface area contributed by atoms with Crippen molar-refractivity contribution in [3.8, 4) is 0 Å². The molecule has 0 saturated carbocycles. The Balaban J connectivity index is 1.59. The van der Waals surface area contributed by atoms with Crippen molar-refractivity contribution < 1.29 is 9.18 Å². The Morgan fingerprint density at radius 1 is 1.12 bits per heavy atom. The second kappa shape index (κ2) is 9.87. The van der Waals surface area contributed by atoms with E-state index in [1.54, 1.807) is 42.6 Å². The van der Waals surface area contributed by atoms with Crippen molar-refractivity contribution in [2.24, 2.45) is 5.10 Å². The highest BCUT2D eigenvalue weighted by atomic mass is 79.9. The normalized spacial score (nSPS) is 11.2. The first-order valence-electron chi connectivity index (χ1n) is 10.2. The number of hydrogen-bond donors (Lipinski definition) is 1. The van der Waals surface area contributed by atoms with Crippen LogP contribution < -0.4 is 11.0 Å². The second-order valence-corrected chi connectivity index (χ2v) is 8.49. The summed E-state index contributed by atoms with van der Waals surface area (Å²) in [5.74, 6) is -0.827. The number of hydrazone groups is 1. The van der Waals surface area contributed by atoms with Crippen molar-refractivity contribution in [3.63, 3.8) is 0 Å². The Hall–Kier alpha value is -3.65. The minimum absolute atomic E-state index is 0.0526. The van der Waals surface area contributed by atoms with Gasteiger partial charge in [0.1, 0.15) is 5.82 Å². The molecule has 0 unspecified atom stereocenters. The van der Waals surface area contributed by atoms with Gasteiger partial charge in [-0.2, -0.15) is 10.2 Å². The first kappa shape index (κ1) is 22.5. The molecule has 4 rings (SSSR count). The average Bonchev–Trinajstić information content (AvgIpc) is 2.80. The number of halogens is 2. The standard InChI is InChI=1S/C25H20BrFN4O2/c1-16-6-8-17(9-7-16)14-28-29-24(32)13-23-20-4-2-3-5-21(20)25(33)31(30-23)15-18-10-11-19(26)12-22(18)27/h2-12,14H,13,15H2,1H3,(H,29,32)/b28-14+. The summed E-state index contributed by atoms with van der Waals surface area (Å²) in [7, 11) is 0. The molecule has 6 nitrogen and oxygen atoms in total. The Morgan fingerprint density at radius 3 is 2.58 bits per heavy atom. The zero-order chi connectivity index (χ0) is 23.4. The molecule has 166 valence electrons. The molecule has 8 heteroatoms. The summed E-state index contributed by atoms with van der Waals surface area (Å²) >= 11 is 3.23. The molecule has 0 saturated heterocycles. The van der Waals surface area contributed by atoms with E-state index in [9.17, 15) is 14.0 Å². The fourth-order valence-electron chi connectivity index (χ4n) is 3.38. The summed E-state index contributed by atoms with van der Waals surface area (Å²) in [4.78, 5) is 25.5. The number of nitrogens with zero attached hydrogens (tertiary/aromatic N) is 3. The maximum absolute atomic E-state index is 14.3. The summed E-state index contributed by atoms with van der Waals surface area (Å²) < 4.78 is 16.1. The number of benzene rings is 3. The van der Waals surface area contributed by atoms with Gasteiger partial charge in [0.25, 0.3) is 5.56 Å². The number of nitrogens with one attached hydrogen (secondary N) is 1. The molecule has 1 aromatic heterocycles. The number of fused-ring (bicyclic) bond motifs is 1. The van der Waals surface area contributed by atoms with E-state index in [0.29, 0.717) is 26.5 Å². The summed E-state index contributed by atoms with van der Waals surface area (Å²) in [6.45, 7) is 1.94. The molecule has 0 atom stereocenters. The number of amides is 1. The van der Waals surface area contributed by atoms with E-state index >= 15 is 0 Å². The van der Waals surface area contributed by atoms with Gasteiger partial charge >= 0.3 is 0 Å². The molecule has 4 aromatic rings. The van der Waals surface area contributed by atoms with E-state index in [4.69, 9.17) is 0 Å². The third-order valence-electron chi connectivity index (χ3n) is 5.09. The van der Waals surface area contributed by atoms with Crippen molar-refractivity contribution in [3.05, 3.63) is 110 Å². The number of hydrogen-bond acceptors (Lipinski definition) is 4. The van der Waals surface area contributed by atoms with Gasteiger partial charge in [-0.1, -0.05) is 70.0 Å². The quantitative estimate of drug-likeness (QED) is 0.312. The summed E-state index contributed by atoms with van der Waals surface area (Å²) in [5.41, 5.74) is 4.86. The van der Waals surface area contributed by atoms with Crippen LogP contribution in [0.2, 0.25) is 0 Å². The topological polar surface area (TPSA) is 76.3 Å². The Bertz CT molecular complexity index is 1410. The van der Waals surface area contributed by atoms with Gasteiger partial charge in [-0.25, -0.2) is 14.5 Å². The van der Waals surface area contributed by atoms with E-state index in [1.165, 1.54) is 10.7 Å².